The van der Waals surface area contributed by atoms with Crippen molar-refractivity contribution in [2.24, 2.45) is 5.73 Å². The Morgan fingerprint density at radius 1 is 1.27 bits per heavy atom. The molecule has 1 aromatic carbocycles. The fraction of sp³-hybridized carbons (Fsp3) is 0.364. The van der Waals surface area contributed by atoms with Gasteiger partial charge in [0.15, 0.2) is 17.4 Å². The van der Waals surface area contributed by atoms with Crippen LogP contribution >= 0.6 is 0 Å². The van der Waals surface area contributed by atoms with Crippen LogP contribution in [0.15, 0.2) is 18.2 Å². The van der Waals surface area contributed by atoms with Gasteiger partial charge in [-0.3, -0.25) is 4.79 Å². The molecule has 1 aliphatic rings. The molecule has 1 fully saturated rings. The van der Waals surface area contributed by atoms with Crippen molar-refractivity contribution in [2.75, 3.05) is 0 Å². The molecule has 0 radical (unpaired) electrons. The highest BCUT2D eigenvalue weighted by Crippen LogP contribution is 2.32. The molecular weight excluding hydrogens is 200 g/mol. The number of rotatable bonds is 2. The van der Waals surface area contributed by atoms with Crippen molar-refractivity contribution in [3.8, 4) is 0 Å². The second-order valence-electron chi connectivity index (χ2n) is 3.97. The lowest BCUT2D eigenvalue weighted by molar-refractivity contribution is 0.0800. The van der Waals surface area contributed by atoms with Crippen molar-refractivity contribution in [2.45, 2.75) is 24.8 Å². The van der Waals surface area contributed by atoms with Crippen LogP contribution in [0.25, 0.3) is 0 Å². The molecule has 0 saturated heterocycles. The first-order valence-electron chi connectivity index (χ1n) is 4.82. The van der Waals surface area contributed by atoms with Gasteiger partial charge in [-0.15, -0.1) is 0 Å². The molecule has 0 heterocycles. The van der Waals surface area contributed by atoms with E-state index in [1.807, 2.05) is 0 Å². The molecule has 0 aliphatic heterocycles. The van der Waals surface area contributed by atoms with Crippen LogP contribution in [0, 0.1) is 11.6 Å². The van der Waals surface area contributed by atoms with E-state index in [4.69, 9.17) is 5.73 Å². The van der Waals surface area contributed by atoms with Crippen LogP contribution in [0.2, 0.25) is 0 Å². The third-order valence-corrected chi connectivity index (χ3v) is 2.88. The zero-order chi connectivity index (χ0) is 11.1. The summed E-state index contributed by atoms with van der Waals surface area (Å²) in [7, 11) is 0. The molecule has 1 aromatic rings. The van der Waals surface area contributed by atoms with E-state index in [0.717, 1.165) is 18.6 Å². The molecule has 4 heteroatoms. The minimum Gasteiger partial charge on any atom is -0.319 e. The molecule has 0 amide bonds. The molecule has 15 heavy (non-hydrogen) atoms. The van der Waals surface area contributed by atoms with Gasteiger partial charge in [-0.2, -0.15) is 0 Å². The number of hydrogen-bond donors (Lipinski definition) is 1. The van der Waals surface area contributed by atoms with Gasteiger partial charge in [-0.1, -0.05) is 0 Å². The van der Waals surface area contributed by atoms with Gasteiger partial charge in [0.2, 0.25) is 0 Å². The highest BCUT2D eigenvalue weighted by atomic mass is 19.2. The Balaban J connectivity index is 2.30. The summed E-state index contributed by atoms with van der Waals surface area (Å²) in [4.78, 5) is 11.8. The first-order chi connectivity index (χ1) is 7.03. The number of carbonyl (C=O) groups is 1. The van der Waals surface area contributed by atoms with Crippen LogP contribution in [0.3, 0.4) is 0 Å². The lowest BCUT2D eigenvalue weighted by Gasteiger charge is -2.36. The van der Waals surface area contributed by atoms with Crippen molar-refractivity contribution in [3.05, 3.63) is 35.4 Å². The molecule has 0 atom stereocenters. The zero-order valence-corrected chi connectivity index (χ0v) is 8.09. The van der Waals surface area contributed by atoms with E-state index in [9.17, 15) is 13.6 Å². The van der Waals surface area contributed by atoms with Crippen LogP contribution in [0.1, 0.15) is 29.6 Å². The number of ketones is 1. The summed E-state index contributed by atoms with van der Waals surface area (Å²) in [6.45, 7) is 0. The third-order valence-electron chi connectivity index (χ3n) is 2.88. The smallest absolute Gasteiger partial charge is 0.182 e. The minimum absolute atomic E-state index is 0.149. The molecule has 0 bridgehead atoms. The number of hydrogen-bond acceptors (Lipinski definition) is 2. The second-order valence-corrected chi connectivity index (χ2v) is 3.97. The fourth-order valence-electron chi connectivity index (χ4n) is 1.71. The Labute approximate surface area is 86.1 Å². The SMILES string of the molecule is NC1(C(=O)c2ccc(F)c(F)c2)CCC1. The topological polar surface area (TPSA) is 43.1 Å². The molecule has 0 unspecified atom stereocenters. The lowest BCUT2D eigenvalue weighted by Crippen LogP contribution is -2.53. The summed E-state index contributed by atoms with van der Waals surface area (Å²) in [5.74, 6) is -2.26. The minimum atomic E-state index is -1.01. The van der Waals surface area contributed by atoms with Crippen LogP contribution in [-0.2, 0) is 0 Å². The highest BCUT2D eigenvalue weighted by molar-refractivity contribution is 6.03. The summed E-state index contributed by atoms with van der Waals surface area (Å²) < 4.78 is 25.5. The number of halogens is 2. The maximum atomic E-state index is 12.9. The van der Waals surface area contributed by atoms with Crippen molar-refractivity contribution >= 4 is 5.78 Å². The molecule has 0 aromatic heterocycles. The van der Waals surface area contributed by atoms with Crippen LogP contribution in [0.5, 0.6) is 0 Å². The van der Waals surface area contributed by atoms with Crippen LogP contribution < -0.4 is 5.73 Å². The first-order valence-corrected chi connectivity index (χ1v) is 4.82. The predicted molar refractivity (Wildman–Crippen MR) is 51.5 cm³/mol. The molecular formula is C11H11F2NO. The molecule has 1 saturated carbocycles. The molecule has 2 rings (SSSR count). The van der Waals surface area contributed by atoms with E-state index in [-0.39, 0.29) is 11.3 Å². The first kappa shape index (κ1) is 10.2. The van der Waals surface area contributed by atoms with E-state index in [0.29, 0.717) is 12.8 Å². The lowest BCUT2D eigenvalue weighted by atomic mass is 9.73. The Morgan fingerprint density at radius 3 is 2.40 bits per heavy atom. The van der Waals surface area contributed by atoms with E-state index < -0.39 is 17.2 Å². The van der Waals surface area contributed by atoms with E-state index in [2.05, 4.69) is 0 Å². The van der Waals surface area contributed by atoms with Crippen molar-refractivity contribution in [1.82, 2.24) is 0 Å². The molecule has 2 N–H and O–H groups in total. The normalized spacial score (nSPS) is 18.3. The van der Waals surface area contributed by atoms with Gasteiger partial charge in [0.25, 0.3) is 0 Å². The molecule has 0 spiro atoms. The van der Waals surface area contributed by atoms with Gasteiger partial charge in [0.05, 0.1) is 5.54 Å². The van der Waals surface area contributed by atoms with Gasteiger partial charge in [0, 0.05) is 5.56 Å². The Bertz CT molecular complexity index is 413. The number of Topliss-reactive ketones (excluding diaryl/α,β-unsaturated/α-hetero) is 1. The standard InChI is InChI=1S/C11H11F2NO/c12-8-3-2-7(6-9(8)13)10(15)11(14)4-1-5-11/h2-3,6H,1,4-5,14H2. The Hall–Kier alpha value is -1.29. The summed E-state index contributed by atoms with van der Waals surface area (Å²) in [5.41, 5.74) is 5.09. The van der Waals surface area contributed by atoms with Gasteiger partial charge in [0.1, 0.15) is 0 Å². The van der Waals surface area contributed by atoms with Crippen LogP contribution in [0.4, 0.5) is 8.78 Å². The summed E-state index contributed by atoms with van der Waals surface area (Å²) in [6, 6.07) is 3.13. The van der Waals surface area contributed by atoms with E-state index in [1.165, 1.54) is 6.07 Å². The van der Waals surface area contributed by atoms with Gasteiger partial charge >= 0.3 is 0 Å². The molecule has 2 nitrogen and oxygen atoms in total. The van der Waals surface area contributed by atoms with Crippen molar-refractivity contribution in [3.63, 3.8) is 0 Å². The van der Waals surface area contributed by atoms with Gasteiger partial charge < -0.3 is 5.73 Å². The third kappa shape index (κ3) is 1.65. The average molecular weight is 211 g/mol. The maximum Gasteiger partial charge on any atom is 0.182 e. The van der Waals surface area contributed by atoms with Crippen molar-refractivity contribution < 1.29 is 13.6 Å². The fourth-order valence-corrected chi connectivity index (χ4v) is 1.71. The van der Waals surface area contributed by atoms with Gasteiger partial charge in [-0.25, -0.2) is 8.78 Å². The quantitative estimate of drug-likeness (QED) is 0.760. The van der Waals surface area contributed by atoms with Gasteiger partial charge in [-0.05, 0) is 37.5 Å². The van der Waals surface area contributed by atoms with E-state index >= 15 is 0 Å². The number of nitrogens with two attached hydrogens (primary N) is 1. The second kappa shape index (κ2) is 3.38. The zero-order valence-electron chi connectivity index (χ0n) is 8.09. The number of benzene rings is 1. The van der Waals surface area contributed by atoms with Crippen LogP contribution in [-0.4, -0.2) is 11.3 Å². The van der Waals surface area contributed by atoms with Crippen molar-refractivity contribution in [1.29, 1.82) is 0 Å². The summed E-state index contributed by atoms with van der Waals surface area (Å²) >= 11 is 0. The summed E-state index contributed by atoms with van der Waals surface area (Å²) in [6.07, 6.45) is 2.14. The summed E-state index contributed by atoms with van der Waals surface area (Å²) in [5, 5.41) is 0. The highest BCUT2D eigenvalue weighted by Gasteiger charge is 2.40. The molecule has 80 valence electrons. The monoisotopic (exact) mass is 211 g/mol. The predicted octanol–water partition coefficient (Wildman–Crippen LogP) is 2.03. The maximum absolute atomic E-state index is 12.9. The molecule has 1 aliphatic carbocycles. The van der Waals surface area contributed by atoms with E-state index in [1.54, 1.807) is 0 Å². The Morgan fingerprint density at radius 2 is 1.93 bits per heavy atom. The number of carbonyl (C=O) groups excluding carboxylic acids is 1. The Kier molecular flexibility index (Phi) is 2.31. The largest absolute Gasteiger partial charge is 0.319 e. The average Bonchev–Trinajstić information content (AvgIpc) is 2.17.